The summed E-state index contributed by atoms with van der Waals surface area (Å²) in [6.45, 7) is 6.94. The fourth-order valence-corrected chi connectivity index (χ4v) is 4.25. The van der Waals surface area contributed by atoms with Crippen LogP contribution in [-0.2, 0) is 17.8 Å². The maximum atomic E-state index is 12.9. The van der Waals surface area contributed by atoms with E-state index in [1.807, 2.05) is 40.2 Å². The molecule has 1 amide bonds. The van der Waals surface area contributed by atoms with Gasteiger partial charge >= 0.3 is 0 Å². The van der Waals surface area contributed by atoms with E-state index < -0.39 is 6.04 Å². The van der Waals surface area contributed by atoms with E-state index in [1.54, 1.807) is 0 Å². The van der Waals surface area contributed by atoms with Crippen LogP contribution in [0, 0.1) is 5.41 Å². The number of piperidine rings is 1. The zero-order chi connectivity index (χ0) is 19.3. The molecule has 3 rings (SSSR count). The third-order valence-corrected chi connectivity index (χ3v) is 5.59. The number of aromatic nitrogens is 2. The number of hydrogen-bond donors (Lipinski definition) is 1. The summed E-state index contributed by atoms with van der Waals surface area (Å²) in [6.07, 6.45) is 8.89. The molecule has 2 aromatic rings. The van der Waals surface area contributed by atoms with E-state index in [4.69, 9.17) is 5.73 Å². The van der Waals surface area contributed by atoms with Crippen LogP contribution in [0.2, 0.25) is 0 Å². The topological polar surface area (TPSA) is 64.2 Å². The molecule has 1 fully saturated rings. The summed E-state index contributed by atoms with van der Waals surface area (Å²) in [6, 6.07) is 9.75. The summed E-state index contributed by atoms with van der Waals surface area (Å²) in [7, 11) is 0. The number of benzene rings is 1. The van der Waals surface area contributed by atoms with Crippen molar-refractivity contribution in [3.05, 3.63) is 54.1 Å². The Hall–Kier alpha value is -1.56. The lowest BCUT2D eigenvalue weighted by Crippen LogP contribution is -2.51. The summed E-state index contributed by atoms with van der Waals surface area (Å²) in [5.41, 5.74) is 8.60. The second-order valence-electron chi connectivity index (χ2n) is 8.26. The minimum absolute atomic E-state index is 0. The molecule has 1 saturated heterocycles. The summed E-state index contributed by atoms with van der Waals surface area (Å²) in [5, 5.41) is 0. The minimum atomic E-state index is -0.519. The van der Waals surface area contributed by atoms with Gasteiger partial charge in [0.2, 0.25) is 5.91 Å². The van der Waals surface area contributed by atoms with Crippen molar-refractivity contribution in [3.8, 4) is 0 Å². The molecule has 7 heteroatoms. The van der Waals surface area contributed by atoms with Crippen molar-refractivity contribution in [3.63, 3.8) is 0 Å². The molecule has 0 radical (unpaired) electrons. The third-order valence-electron chi connectivity index (χ3n) is 5.59. The molecular weight excluding hydrogens is 407 g/mol. The Morgan fingerprint density at radius 1 is 1.28 bits per heavy atom. The van der Waals surface area contributed by atoms with Gasteiger partial charge in [0.15, 0.2) is 0 Å². The number of nitrogens with zero attached hydrogens (tertiary/aromatic N) is 3. The van der Waals surface area contributed by atoms with Crippen molar-refractivity contribution in [1.29, 1.82) is 0 Å². The molecule has 1 unspecified atom stereocenters. The van der Waals surface area contributed by atoms with Crippen molar-refractivity contribution in [2.24, 2.45) is 11.1 Å². The van der Waals surface area contributed by atoms with Gasteiger partial charge in [-0.25, -0.2) is 4.98 Å². The van der Waals surface area contributed by atoms with Gasteiger partial charge in [0, 0.05) is 32.3 Å². The number of imidazole rings is 1. The van der Waals surface area contributed by atoms with Crippen molar-refractivity contribution >= 4 is 30.7 Å². The van der Waals surface area contributed by atoms with Crippen LogP contribution in [0.15, 0.2) is 42.9 Å². The van der Waals surface area contributed by atoms with Crippen LogP contribution >= 0.6 is 24.8 Å². The Morgan fingerprint density at radius 3 is 2.69 bits per heavy atom. The minimum Gasteiger partial charge on any atom is -0.341 e. The van der Waals surface area contributed by atoms with Crippen LogP contribution in [0.25, 0.3) is 0 Å². The highest BCUT2D eigenvalue weighted by Crippen LogP contribution is 2.34. The lowest BCUT2D eigenvalue weighted by molar-refractivity contribution is -0.136. The lowest BCUT2D eigenvalue weighted by atomic mass is 9.78. The number of hydrogen-bond acceptors (Lipinski definition) is 3. The largest absolute Gasteiger partial charge is 0.341 e. The van der Waals surface area contributed by atoms with Crippen LogP contribution in [0.5, 0.6) is 0 Å². The summed E-state index contributed by atoms with van der Waals surface area (Å²) >= 11 is 0. The Kier molecular flexibility index (Phi) is 10.2. The molecule has 1 aromatic carbocycles. The third kappa shape index (κ3) is 7.02. The highest BCUT2D eigenvalue weighted by Gasteiger charge is 2.34. The molecule has 5 nitrogen and oxygen atoms in total. The number of likely N-dealkylation sites (tertiary alicyclic amines) is 1. The first-order valence-corrected chi connectivity index (χ1v) is 10.1. The SMILES string of the molecule is CCCC1(C)CCCN(C(=O)[C@@H](N)Cc2cn(Cc3ccccc3)cn2)C1.Cl.Cl. The number of nitrogens with two attached hydrogens (primary N) is 1. The van der Waals surface area contributed by atoms with E-state index in [2.05, 4.69) is 31.0 Å². The monoisotopic (exact) mass is 440 g/mol. The van der Waals surface area contributed by atoms with Gasteiger partial charge in [0.25, 0.3) is 0 Å². The Morgan fingerprint density at radius 2 is 2.00 bits per heavy atom. The average molecular weight is 441 g/mol. The van der Waals surface area contributed by atoms with Crippen LogP contribution in [0.4, 0.5) is 0 Å². The number of carbonyl (C=O) groups is 1. The van der Waals surface area contributed by atoms with Gasteiger partial charge in [-0.1, -0.05) is 50.6 Å². The molecule has 2 atom stereocenters. The van der Waals surface area contributed by atoms with E-state index in [1.165, 1.54) is 12.0 Å². The predicted octanol–water partition coefficient (Wildman–Crippen LogP) is 4.07. The molecule has 0 bridgehead atoms. The molecule has 2 heterocycles. The highest BCUT2D eigenvalue weighted by molar-refractivity contribution is 5.85. The maximum Gasteiger partial charge on any atom is 0.239 e. The Labute approximate surface area is 186 Å². The van der Waals surface area contributed by atoms with Gasteiger partial charge < -0.3 is 15.2 Å². The predicted molar refractivity (Wildman–Crippen MR) is 123 cm³/mol. The van der Waals surface area contributed by atoms with E-state index in [0.717, 1.165) is 44.6 Å². The second-order valence-corrected chi connectivity index (χ2v) is 8.26. The van der Waals surface area contributed by atoms with Gasteiger partial charge in [-0.3, -0.25) is 4.79 Å². The van der Waals surface area contributed by atoms with Crippen LogP contribution in [0.3, 0.4) is 0 Å². The van der Waals surface area contributed by atoms with E-state index >= 15 is 0 Å². The molecule has 29 heavy (non-hydrogen) atoms. The van der Waals surface area contributed by atoms with Crippen LogP contribution in [0.1, 0.15) is 50.8 Å². The summed E-state index contributed by atoms with van der Waals surface area (Å²) in [4.78, 5) is 19.3. The molecule has 1 aromatic heterocycles. The number of carbonyl (C=O) groups excluding carboxylic acids is 1. The zero-order valence-electron chi connectivity index (χ0n) is 17.4. The Bertz CT molecular complexity index is 748. The Balaban J connectivity index is 0.00000210. The normalized spacial score (nSPS) is 19.8. The first kappa shape index (κ1) is 25.5. The fourth-order valence-electron chi connectivity index (χ4n) is 4.25. The second kappa shape index (κ2) is 11.6. The average Bonchev–Trinajstić information content (AvgIpc) is 3.08. The van der Waals surface area contributed by atoms with Crippen molar-refractivity contribution in [1.82, 2.24) is 14.5 Å². The van der Waals surface area contributed by atoms with Gasteiger partial charge in [-0.2, -0.15) is 0 Å². The molecular formula is C22H34Cl2N4O. The first-order valence-electron chi connectivity index (χ1n) is 10.1. The molecule has 0 saturated carbocycles. The molecule has 162 valence electrons. The van der Waals surface area contributed by atoms with E-state index in [9.17, 15) is 4.79 Å². The molecule has 2 N–H and O–H groups in total. The standard InChI is InChI=1S/C22H32N4O.2ClH/c1-3-10-22(2)11-7-12-26(16-22)21(27)20(23)13-19-15-25(17-24-19)14-18-8-5-4-6-9-18;;/h4-6,8-9,15,17,20H,3,7,10-14,16,23H2,1-2H3;2*1H/t20-,22?;;/m0../s1. The fraction of sp³-hybridized carbons (Fsp3) is 0.545. The lowest BCUT2D eigenvalue weighted by Gasteiger charge is -2.41. The zero-order valence-corrected chi connectivity index (χ0v) is 19.1. The smallest absolute Gasteiger partial charge is 0.239 e. The molecule has 0 spiro atoms. The molecule has 1 aliphatic heterocycles. The first-order chi connectivity index (χ1) is 13.0. The number of rotatable bonds is 7. The number of amides is 1. The van der Waals surface area contributed by atoms with Crippen LogP contribution < -0.4 is 5.73 Å². The molecule has 1 aliphatic rings. The van der Waals surface area contributed by atoms with Gasteiger partial charge in [0.05, 0.1) is 18.1 Å². The van der Waals surface area contributed by atoms with Crippen molar-refractivity contribution in [2.45, 2.75) is 58.5 Å². The van der Waals surface area contributed by atoms with Gasteiger partial charge in [-0.15, -0.1) is 24.8 Å². The summed E-state index contributed by atoms with van der Waals surface area (Å²) in [5.74, 6) is 0.0645. The molecule has 0 aliphatic carbocycles. The highest BCUT2D eigenvalue weighted by atomic mass is 35.5. The maximum absolute atomic E-state index is 12.9. The van der Waals surface area contributed by atoms with E-state index in [-0.39, 0.29) is 36.1 Å². The summed E-state index contributed by atoms with van der Waals surface area (Å²) < 4.78 is 2.04. The van der Waals surface area contributed by atoms with Gasteiger partial charge in [0.1, 0.15) is 0 Å². The van der Waals surface area contributed by atoms with Crippen molar-refractivity contribution in [2.75, 3.05) is 13.1 Å². The van der Waals surface area contributed by atoms with E-state index in [0.29, 0.717) is 6.42 Å². The number of halogens is 2. The van der Waals surface area contributed by atoms with Crippen LogP contribution in [-0.4, -0.2) is 39.5 Å². The van der Waals surface area contributed by atoms with Crippen molar-refractivity contribution < 1.29 is 4.79 Å². The quantitative estimate of drug-likeness (QED) is 0.705. The van der Waals surface area contributed by atoms with Gasteiger partial charge in [-0.05, 0) is 30.2 Å².